The van der Waals surface area contributed by atoms with Crippen LogP contribution in [0.3, 0.4) is 0 Å². The molecule has 0 saturated heterocycles. The minimum atomic E-state index is -4.68. The van der Waals surface area contributed by atoms with Crippen LogP contribution in [0.25, 0.3) is 0 Å². The van der Waals surface area contributed by atoms with Crippen molar-refractivity contribution in [2.24, 2.45) is 0 Å². The highest BCUT2D eigenvalue weighted by atomic mass is 31.2. The molecule has 0 radical (unpaired) electrons. The van der Waals surface area contributed by atoms with Crippen LogP contribution in [-0.2, 0) is 13.9 Å². The molecule has 0 fully saturated rings. The number of carbonyl (C=O) groups is 1. The first-order valence-corrected chi connectivity index (χ1v) is 21.5. The smallest absolute Gasteiger partial charge is 0.391 e. The highest BCUT2D eigenvalue weighted by Gasteiger charge is 2.25. The molecule has 0 spiro atoms. The van der Waals surface area contributed by atoms with Crippen LogP contribution >= 0.6 is 7.82 Å². The number of phosphoric ester groups is 1. The summed E-state index contributed by atoms with van der Waals surface area (Å²) in [5.41, 5.74) is 0. The molecule has 1 amide bonds. The van der Waals surface area contributed by atoms with Gasteiger partial charge in [-0.1, -0.05) is 200 Å². The zero-order chi connectivity index (χ0) is 34.0. The quantitative estimate of drug-likeness (QED) is 0.0385. The molecule has 7 nitrogen and oxygen atoms in total. The normalized spacial score (nSPS) is 13.2. The van der Waals surface area contributed by atoms with Crippen molar-refractivity contribution < 1.29 is 28.8 Å². The van der Waals surface area contributed by atoms with E-state index in [1.165, 1.54) is 154 Å². The van der Waals surface area contributed by atoms with Crippen LogP contribution in [0.4, 0.5) is 0 Å². The van der Waals surface area contributed by atoms with Crippen LogP contribution in [0.1, 0.15) is 219 Å². The first kappa shape index (κ1) is 45.5. The van der Waals surface area contributed by atoms with E-state index in [1.54, 1.807) is 0 Å². The highest BCUT2D eigenvalue weighted by molar-refractivity contribution is 7.46. The Morgan fingerprint density at radius 2 is 0.848 bits per heavy atom. The van der Waals surface area contributed by atoms with Crippen molar-refractivity contribution >= 4 is 13.7 Å². The summed E-state index contributed by atoms with van der Waals surface area (Å²) < 4.78 is 15.9. The van der Waals surface area contributed by atoms with Crippen LogP contribution < -0.4 is 5.32 Å². The number of carbonyl (C=O) groups excluding carboxylic acids is 1. The fraction of sp³-hybridized carbons (Fsp3) is 0.974. The molecule has 0 aromatic heterocycles. The molecule has 0 saturated carbocycles. The third-order valence-corrected chi connectivity index (χ3v) is 9.83. The van der Waals surface area contributed by atoms with Crippen molar-refractivity contribution in [1.29, 1.82) is 0 Å². The van der Waals surface area contributed by atoms with E-state index >= 15 is 0 Å². The van der Waals surface area contributed by atoms with Gasteiger partial charge in [0.1, 0.15) is 0 Å². The largest absolute Gasteiger partial charge is 0.469 e. The van der Waals surface area contributed by atoms with Crippen LogP contribution in [0.5, 0.6) is 0 Å². The molecule has 2 atom stereocenters. The Labute approximate surface area is 285 Å². The second-order valence-electron chi connectivity index (χ2n) is 14.0. The van der Waals surface area contributed by atoms with E-state index in [-0.39, 0.29) is 5.91 Å². The fourth-order valence-electron chi connectivity index (χ4n) is 6.29. The van der Waals surface area contributed by atoms with Crippen molar-refractivity contribution in [3.63, 3.8) is 0 Å². The monoisotopic (exact) mass is 676 g/mol. The molecule has 0 heterocycles. The molecule has 0 aliphatic carbocycles. The Kier molecular flexibility index (Phi) is 34.1. The molecule has 0 aliphatic rings. The summed E-state index contributed by atoms with van der Waals surface area (Å²) in [5.74, 6) is -0.190. The lowest BCUT2D eigenvalue weighted by molar-refractivity contribution is -0.123. The zero-order valence-corrected chi connectivity index (χ0v) is 31.4. The molecule has 8 heteroatoms. The maximum atomic E-state index is 12.6. The Hall–Kier alpha value is -0.460. The van der Waals surface area contributed by atoms with Crippen molar-refractivity contribution in [1.82, 2.24) is 5.32 Å². The number of aliphatic hydroxyl groups is 1. The molecular weight excluding hydrogens is 597 g/mol. The number of hydrogen-bond acceptors (Lipinski definition) is 4. The second-order valence-corrected chi connectivity index (χ2v) is 15.2. The van der Waals surface area contributed by atoms with Gasteiger partial charge in [0.15, 0.2) is 0 Å². The number of hydrogen-bond donors (Lipinski definition) is 4. The zero-order valence-electron chi connectivity index (χ0n) is 30.5. The Morgan fingerprint density at radius 3 is 1.17 bits per heavy atom. The van der Waals surface area contributed by atoms with Gasteiger partial charge in [-0.2, -0.15) is 0 Å². The number of phosphoric acid groups is 1. The summed E-state index contributed by atoms with van der Waals surface area (Å²) >= 11 is 0. The molecule has 4 N–H and O–H groups in total. The third kappa shape index (κ3) is 34.9. The first-order chi connectivity index (χ1) is 22.3. The number of rotatable bonds is 37. The molecule has 0 unspecified atom stereocenters. The predicted molar refractivity (Wildman–Crippen MR) is 195 cm³/mol. The van der Waals surface area contributed by atoms with Crippen LogP contribution in [0, 0.1) is 0 Å². The average Bonchev–Trinajstić information content (AvgIpc) is 3.02. The van der Waals surface area contributed by atoms with E-state index in [2.05, 4.69) is 23.7 Å². The van der Waals surface area contributed by atoms with E-state index in [9.17, 15) is 14.5 Å². The van der Waals surface area contributed by atoms with Gasteiger partial charge in [0.05, 0.1) is 18.8 Å². The molecule has 46 heavy (non-hydrogen) atoms. The Bertz CT molecular complexity index is 688. The van der Waals surface area contributed by atoms with Gasteiger partial charge < -0.3 is 20.2 Å². The summed E-state index contributed by atoms with van der Waals surface area (Å²) in [6.45, 7) is 4.13. The summed E-state index contributed by atoms with van der Waals surface area (Å²) in [6.07, 6.45) is 37.9. The van der Waals surface area contributed by atoms with E-state index in [0.29, 0.717) is 12.8 Å². The summed E-state index contributed by atoms with van der Waals surface area (Å²) in [5, 5.41) is 13.5. The molecule has 0 bridgehead atoms. The maximum Gasteiger partial charge on any atom is 0.469 e. The minimum Gasteiger partial charge on any atom is -0.391 e. The summed E-state index contributed by atoms with van der Waals surface area (Å²) in [7, 11) is -4.68. The van der Waals surface area contributed by atoms with Gasteiger partial charge in [0.25, 0.3) is 0 Å². The van der Waals surface area contributed by atoms with Gasteiger partial charge in [-0.3, -0.25) is 9.32 Å². The van der Waals surface area contributed by atoms with Crippen LogP contribution in [-0.4, -0.2) is 39.6 Å². The number of aliphatic hydroxyl groups excluding tert-OH is 1. The molecular formula is C38H78NO6P. The molecule has 0 aliphatic heterocycles. The van der Waals surface area contributed by atoms with Crippen LogP contribution in [0.2, 0.25) is 0 Å². The van der Waals surface area contributed by atoms with Gasteiger partial charge in [0.2, 0.25) is 5.91 Å². The lowest BCUT2D eigenvalue weighted by Crippen LogP contribution is -2.46. The predicted octanol–water partition coefficient (Wildman–Crippen LogP) is 11.5. The Morgan fingerprint density at radius 1 is 0.543 bits per heavy atom. The molecule has 0 aromatic rings. The van der Waals surface area contributed by atoms with Gasteiger partial charge in [-0.15, -0.1) is 0 Å². The highest BCUT2D eigenvalue weighted by Crippen LogP contribution is 2.36. The molecule has 0 rings (SSSR count). The first-order valence-electron chi connectivity index (χ1n) is 20.0. The van der Waals surface area contributed by atoms with E-state index in [1.807, 2.05) is 0 Å². The SMILES string of the molecule is CCCCCCCCCCCCCCCCCC[C@@H](O)[C@H](COP(=O)(O)O)NC(=O)CCCCCCCCCCCCCCCC. The summed E-state index contributed by atoms with van der Waals surface area (Å²) in [6, 6.07) is -0.817. The molecule has 276 valence electrons. The van der Waals surface area contributed by atoms with Gasteiger partial charge in [0, 0.05) is 6.42 Å². The van der Waals surface area contributed by atoms with Gasteiger partial charge in [-0.25, -0.2) is 4.57 Å². The topological polar surface area (TPSA) is 116 Å². The lowest BCUT2D eigenvalue weighted by atomic mass is 10.0. The van der Waals surface area contributed by atoms with E-state index in [4.69, 9.17) is 9.79 Å². The maximum absolute atomic E-state index is 12.6. The Balaban J connectivity index is 3.91. The van der Waals surface area contributed by atoms with E-state index < -0.39 is 26.6 Å². The number of unbranched alkanes of at least 4 members (excludes halogenated alkanes) is 28. The third-order valence-electron chi connectivity index (χ3n) is 9.34. The van der Waals surface area contributed by atoms with Crippen molar-refractivity contribution in [3.8, 4) is 0 Å². The minimum absolute atomic E-state index is 0.190. The van der Waals surface area contributed by atoms with Crippen molar-refractivity contribution in [2.45, 2.75) is 231 Å². The number of amides is 1. The summed E-state index contributed by atoms with van der Waals surface area (Å²) in [4.78, 5) is 30.8. The van der Waals surface area contributed by atoms with Crippen LogP contribution in [0.15, 0.2) is 0 Å². The van der Waals surface area contributed by atoms with Crippen molar-refractivity contribution in [2.75, 3.05) is 6.61 Å². The molecule has 0 aromatic carbocycles. The van der Waals surface area contributed by atoms with Gasteiger partial charge in [-0.05, 0) is 12.8 Å². The fourth-order valence-corrected chi connectivity index (χ4v) is 6.64. The lowest BCUT2D eigenvalue weighted by Gasteiger charge is -2.24. The van der Waals surface area contributed by atoms with E-state index in [0.717, 1.165) is 38.5 Å². The van der Waals surface area contributed by atoms with Gasteiger partial charge >= 0.3 is 7.82 Å². The standard InChI is InChI=1S/C38H78NO6P/c1-3-5-7-9-11-13-15-17-19-20-21-23-25-27-29-31-33-37(40)36(35-45-46(42,43)44)39-38(41)34-32-30-28-26-24-22-18-16-14-12-10-8-6-4-2/h36-37,40H,3-35H2,1-2H3,(H,39,41)(H2,42,43,44)/t36-,37+/m0/s1. The second kappa shape index (κ2) is 34.4. The van der Waals surface area contributed by atoms with Crippen molar-refractivity contribution in [3.05, 3.63) is 0 Å². The average molecular weight is 676 g/mol. The number of nitrogens with one attached hydrogen (secondary N) is 1.